The lowest BCUT2D eigenvalue weighted by Gasteiger charge is -2.39. The molecule has 0 rings (SSSR count). The molecule has 0 amide bonds. The van der Waals surface area contributed by atoms with Crippen LogP contribution in [0.15, 0.2) is 12.7 Å². The zero-order chi connectivity index (χ0) is 10.5. The molecular weight excluding hydrogens is 160 g/mol. The van der Waals surface area contributed by atoms with E-state index in [2.05, 4.69) is 13.5 Å². The third-order valence-electron chi connectivity index (χ3n) is 2.90. The number of nitrogens with two attached hydrogens (primary N) is 2. The van der Waals surface area contributed by atoms with Crippen LogP contribution < -0.4 is 11.5 Å². The molecule has 0 bridgehead atoms. The van der Waals surface area contributed by atoms with Crippen molar-refractivity contribution in [1.82, 2.24) is 0 Å². The summed E-state index contributed by atoms with van der Waals surface area (Å²) in [6, 6.07) is 0. The maximum atomic E-state index is 6.05. The number of unbranched alkanes of at least 4 members (excludes halogenated alkanes) is 2. The lowest BCUT2D eigenvalue weighted by molar-refractivity contribution is 0.210. The summed E-state index contributed by atoms with van der Waals surface area (Å²) in [5.41, 5.74) is 11.3. The van der Waals surface area contributed by atoms with Crippen LogP contribution in [0, 0.1) is 5.41 Å². The van der Waals surface area contributed by atoms with Crippen LogP contribution in [-0.2, 0) is 0 Å². The van der Waals surface area contributed by atoms with Crippen LogP contribution >= 0.6 is 0 Å². The lowest BCUT2D eigenvalue weighted by atomic mass is 9.77. The van der Waals surface area contributed by atoms with E-state index >= 15 is 0 Å². The van der Waals surface area contributed by atoms with Crippen molar-refractivity contribution in [3.8, 4) is 0 Å². The van der Waals surface area contributed by atoms with E-state index in [0.717, 1.165) is 12.8 Å². The van der Waals surface area contributed by atoms with Crippen LogP contribution in [0.1, 0.15) is 46.5 Å². The van der Waals surface area contributed by atoms with Crippen molar-refractivity contribution in [3.05, 3.63) is 12.7 Å². The minimum absolute atomic E-state index is 0.194. The highest BCUT2D eigenvalue weighted by atomic mass is 15.0. The van der Waals surface area contributed by atoms with E-state index < -0.39 is 5.66 Å². The first kappa shape index (κ1) is 12.7. The third-order valence-corrected chi connectivity index (χ3v) is 2.90. The number of hydrogen-bond acceptors (Lipinski definition) is 2. The topological polar surface area (TPSA) is 52.0 Å². The zero-order valence-electron chi connectivity index (χ0n) is 9.27. The fourth-order valence-corrected chi connectivity index (χ4v) is 1.18. The van der Waals surface area contributed by atoms with Crippen LogP contribution in [0.5, 0.6) is 0 Å². The van der Waals surface area contributed by atoms with Crippen molar-refractivity contribution in [2.75, 3.05) is 0 Å². The van der Waals surface area contributed by atoms with Gasteiger partial charge in [-0.3, -0.25) is 0 Å². The van der Waals surface area contributed by atoms with Crippen molar-refractivity contribution in [3.63, 3.8) is 0 Å². The zero-order valence-corrected chi connectivity index (χ0v) is 9.27. The molecule has 0 fully saturated rings. The van der Waals surface area contributed by atoms with E-state index in [9.17, 15) is 0 Å². The maximum Gasteiger partial charge on any atom is 0.0724 e. The second-order valence-corrected chi connectivity index (χ2v) is 4.42. The van der Waals surface area contributed by atoms with Crippen molar-refractivity contribution in [1.29, 1.82) is 0 Å². The van der Waals surface area contributed by atoms with Crippen LogP contribution in [-0.4, -0.2) is 5.66 Å². The molecule has 2 heteroatoms. The van der Waals surface area contributed by atoms with Gasteiger partial charge in [0.05, 0.1) is 5.66 Å². The van der Waals surface area contributed by atoms with Gasteiger partial charge in [0.2, 0.25) is 0 Å². The molecule has 0 aromatic rings. The molecule has 0 unspecified atom stereocenters. The first-order chi connectivity index (χ1) is 5.87. The number of rotatable bonds is 6. The molecule has 0 aromatic carbocycles. The Bertz CT molecular complexity index is 159. The summed E-state index contributed by atoms with van der Waals surface area (Å²) < 4.78 is 0. The molecule has 13 heavy (non-hydrogen) atoms. The fourth-order valence-electron chi connectivity index (χ4n) is 1.18. The van der Waals surface area contributed by atoms with Crippen LogP contribution in [0.4, 0.5) is 0 Å². The highest BCUT2D eigenvalue weighted by Gasteiger charge is 2.34. The van der Waals surface area contributed by atoms with E-state index in [1.54, 1.807) is 0 Å². The predicted molar refractivity (Wildman–Crippen MR) is 59.2 cm³/mol. The quantitative estimate of drug-likeness (QED) is 0.378. The summed E-state index contributed by atoms with van der Waals surface area (Å²) in [5, 5.41) is 0. The molecule has 0 aliphatic rings. The second kappa shape index (κ2) is 4.77. The SMILES string of the molecule is C=CC(C)(C)C(N)(N)CCCCC. The van der Waals surface area contributed by atoms with Crippen LogP contribution in [0.2, 0.25) is 0 Å². The molecule has 0 spiro atoms. The van der Waals surface area contributed by atoms with Gasteiger partial charge in [-0.15, -0.1) is 6.58 Å². The first-order valence-electron chi connectivity index (χ1n) is 5.08. The van der Waals surface area contributed by atoms with Crippen molar-refractivity contribution >= 4 is 0 Å². The Hall–Kier alpha value is -0.340. The molecule has 0 aliphatic heterocycles. The van der Waals surface area contributed by atoms with Crippen molar-refractivity contribution in [2.45, 2.75) is 52.1 Å². The van der Waals surface area contributed by atoms with E-state index in [0.29, 0.717) is 0 Å². The normalized spacial score (nSPS) is 13.0. The summed E-state index contributed by atoms with van der Waals surface area (Å²) >= 11 is 0. The molecule has 0 aliphatic carbocycles. The molecular formula is C11H24N2. The van der Waals surface area contributed by atoms with Crippen LogP contribution in [0.25, 0.3) is 0 Å². The van der Waals surface area contributed by atoms with Crippen molar-refractivity contribution < 1.29 is 0 Å². The first-order valence-corrected chi connectivity index (χ1v) is 5.08. The molecule has 0 aromatic heterocycles. The van der Waals surface area contributed by atoms with Gasteiger partial charge in [0.15, 0.2) is 0 Å². The van der Waals surface area contributed by atoms with Gasteiger partial charge in [0.25, 0.3) is 0 Å². The fraction of sp³-hybridized carbons (Fsp3) is 0.818. The van der Waals surface area contributed by atoms with Gasteiger partial charge in [-0.1, -0.05) is 46.1 Å². The Morgan fingerprint density at radius 3 is 2.15 bits per heavy atom. The summed E-state index contributed by atoms with van der Waals surface area (Å²) in [7, 11) is 0. The maximum absolute atomic E-state index is 6.05. The predicted octanol–water partition coefficient (Wildman–Crippen LogP) is 2.39. The average Bonchev–Trinajstić information content (AvgIpc) is 2.04. The van der Waals surface area contributed by atoms with Gasteiger partial charge in [-0.2, -0.15) is 0 Å². The Kier molecular flexibility index (Phi) is 4.65. The molecule has 78 valence electrons. The van der Waals surface area contributed by atoms with Gasteiger partial charge in [0.1, 0.15) is 0 Å². The summed E-state index contributed by atoms with van der Waals surface area (Å²) in [6.07, 6.45) is 6.20. The average molecular weight is 184 g/mol. The minimum atomic E-state index is -0.621. The monoisotopic (exact) mass is 184 g/mol. The molecule has 0 saturated heterocycles. The minimum Gasteiger partial charge on any atom is -0.313 e. The van der Waals surface area contributed by atoms with Gasteiger partial charge in [-0.05, 0) is 6.42 Å². The van der Waals surface area contributed by atoms with Gasteiger partial charge in [0, 0.05) is 5.41 Å². The second-order valence-electron chi connectivity index (χ2n) is 4.42. The van der Waals surface area contributed by atoms with E-state index in [4.69, 9.17) is 11.5 Å². The Labute approximate surface area is 82.4 Å². The molecule has 2 nitrogen and oxygen atoms in total. The summed E-state index contributed by atoms with van der Waals surface area (Å²) in [4.78, 5) is 0. The summed E-state index contributed by atoms with van der Waals surface area (Å²) in [6.45, 7) is 10.0. The molecule has 0 radical (unpaired) electrons. The van der Waals surface area contributed by atoms with Gasteiger partial charge >= 0.3 is 0 Å². The number of hydrogen-bond donors (Lipinski definition) is 2. The van der Waals surface area contributed by atoms with E-state index in [-0.39, 0.29) is 5.41 Å². The van der Waals surface area contributed by atoms with Gasteiger partial charge in [-0.25, -0.2) is 0 Å². The smallest absolute Gasteiger partial charge is 0.0724 e. The molecule has 4 N–H and O–H groups in total. The lowest BCUT2D eigenvalue weighted by Crippen LogP contribution is -2.59. The third kappa shape index (κ3) is 3.49. The Balaban J connectivity index is 4.13. The highest BCUT2D eigenvalue weighted by Crippen LogP contribution is 2.29. The highest BCUT2D eigenvalue weighted by molar-refractivity contribution is 5.02. The molecule has 0 heterocycles. The van der Waals surface area contributed by atoms with E-state index in [1.165, 1.54) is 12.8 Å². The Morgan fingerprint density at radius 2 is 1.77 bits per heavy atom. The van der Waals surface area contributed by atoms with Crippen molar-refractivity contribution in [2.24, 2.45) is 16.9 Å². The van der Waals surface area contributed by atoms with Crippen LogP contribution in [0.3, 0.4) is 0 Å². The Morgan fingerprint density at radius 1 is 1.23 bits per heavy atom. The van der Waals surface area contributed by atoms with E-state index in [1.807, 2.05) is 19.9 Å². The molecule has 0 saturated carbocycles. The largest absolute Gasteiger partial charge is 0.313 e. The molecule has 0 atom stereocenters. The van der Waals surface area contributed by atoms with Gasteiger partial charge < -0.3 is 11.5 Å². The summed E-state index contributed by atoms with van der Waals surface area (Å²) in [5.74, 6) is 0. The standard InChI is InChI=1S/C11H24N2/c1-5-7-8-9-11(12,13)10(3,4)6-2/h6H,2,5,7-9,12-13H2,1,3-4H3.